The van der Waals surface area contributed by atoms with Crippen LogP contribution in [0.5, 0.6) is 0 Å². The number of hydrogen-bond acceptors (Lipinski definition) is 5. The third-order valence-corrected chi connectivity index (χ3v) is 2.64. The summed E-state index contributed by atoms with van der Waals surface area (Å²) in [4.78, 5) is 32.2. The van der Waals surface area contributed by atoms with E-state index in [4.69, 9.17) is 20.6 Å². The van der Waals surface area contributed by atoms with Gasteiger partial charge in [-0.05, 0) is 0 Å². The van der Waals surface area contributed by atoms with E-state index in [9.17, 15) is 9.36 Å². The first-order chi connectivity index (χ1) is 6.32. The Morgan fingerprint density at radius 2 is 2.29 bits per heavy atom. The molecule has 80 valence electrons. The highest BCUT2D eigenvalue weighted by molar-refractivity contribution is 7.70. The van der Waals surface area contributed by atoms with Crippen LogP contribution in [0.25, 0.3) is 0 Å². The second-order valence-electron chi connectivity index (χ2n) is 2.76. The summed E-state index contributed by atoms with van der Waals surface area (Å²) in [5, 5.41) is 11.6. The van der Waals surface area contributed by atoms with E-state index in [0.29, 0.717) is 0 Å². The summed E-state index contributed by atoms with van der Waals surface area (Å²) in [7, 11) is -4.44. The van der Waals surface area contributed by atoms with E-state index >= 15 is 0 Å². The molecular formula is C5H9N2O6P. The van der Waals surface area contributed by atoms with Crippen LogP contribution in [0.1, 0.15) is 6.42 Å². The second kappa shape index (κ2) is 3.66. The Balaban J connectivity index is 2.64. The van der Waals surface area contributed by atoms with Gasteiger partial charge in [0.1, 0.15) is 6.04 Å². The molecule has 5 N–H and O–H groups in total. The van der Waals surface area contributed by atoms with Gasteiger partial charge in [-0.2, -0.15) is 0 Å². The lowest BCUT2D eigenvalue weighted by atomic mass is 10.1. The Morgan fingerprint density at radius 1 is 1.71 bits per heavy atom. The molecule has 0 unspecified atom stereocenters. The van der Waals surface area contributed by atoms with Crippen molar-refractivity contribution in [2.45, 2.75) is 18.6 Å². The zero-order chi connectivity index (χ0) is 10.9. The Kier molecular flexibility index (Phi) is 2.91. The van der Waals surface area contributed by atoms with Gasteiger partial charge in [-0.15, -0.1) is 0 Å². The predicted molar refractivity (Wildman–Crippen MR) is 44.6 cm³/mol. The first-order valence-electron chi connectivity index (χ1n) is 3.59. The van der Waals surface area contributed by atoms with E-state index in [1.807, 2.05) is 0 Å². The molecule has 2 atom stereocenters. The van der Waals surface area contributed by atoms with Gasteiger partial charge >= 0.3 is 13.6 Å². The van der Waals surface area contributed by atoms with Crippen molar-refractivity contribution in [2.24, 2.45) is 10.9 Å². The highest BCUT2D eigenvalue weighted by atomic mass is 31.2. The van der Waals surface area contributed by atoms with Crippen LogP contribution in [0.4, 0.5) is 0 Å². The van der Waals surface area contributed by atoms with Crippen molar-refractivity contribution in [3.8, 4) is 0 Å². The number of hydrogen-bond donors (Lipinski definition) is 4. The molecule has 0 spiro atoms. The minimum Gasteiger partial charge on any atom is -0.480 e. The van der Waals surface area contributed by atoms with Crippen LogP contribution in [0.15, 0.2) is 5.16 Å². The van der Waals surface area contributed by atoms with Crippen molar-refractivity contribution in [1.82, 2.24) is 0 Å². The fourth-order valence-corrected chi connectivity index (χ4v) is 1.48. The first-order valence-corrected chi connectivity index (χ1v) is 5.21. The maximum Gasteiger partial charge on any atom is 0.373 e. The van der Waals surface area contributed by atoms with Gasteiger partial charge in [0.25, 0.3) is 0 Å². The first kappa shape index (κ1) is 11.1. The van der Waals surface area contributed by atoms with Gasteiger partial charge in [0.05, 0.1) is 0 Å². The molecule has 0 saturated carbocycles. The van der Waals surface area contributed by atoms with Crippen LogP contribution in [0.3, 0.4) is 0 Å². The smallest absolute Gasteiger partial charge is 0.373 e. The monoisotopic (exact) mass is 224 g/mol. The van der Waals surface area contributed by atoms with Gasteiger partial charge in [-0.25, -0.2) is 0 Å². The predicted octanol–water partition coefficient (Wildman–Crippen LogP) is -1.32. The molecule has 1 rings (SSSR count). The Bertz CT molecular complexity index is 322. The summed E-state index contributed by atoms with van der Waals surface area (Å²) in [5.74, 6) is -1.31. The van der Waals surface area contributed by atoms with E-state index in [1.54, 1.807) is 0 Å². The van der Waals surface area contributed by atoms with Crippen molar-refractivity contribution >= 4 is 19.0 Å². The van der Waals surface area contributed by atoms with Crippen LogP contribution in [0.2, 0.25) is 0 Å². The Labute approximate surface area is 78.5 Å². The Hall–Kier alpha value is -0.950. The summed E-state index contributed by atoms with van der Waals surface area (Å²) in [6.45, 7) is 0. The number of aliphatic carboxylic acids is 1. The van der Waals surface area contributed by atoms with Gasteiger partial charge in [0.15, 0.2) is 11.6 Å². The molecule has 0 aromatic carbocycles. The molecule has 8 nitrogen and oxygen atoms in total. The van der Waals surface area contributed by atoms with Gasteiger partial charge in [0.2, 0.25) is 0 Å². The SMILES string of the molecule is N[C@H](C(=O)O)[C@@H]1CC(P(=O)(O)O)=NO1. The van der Waals surface area contributed by atoms with Crippen molar-refractivity contribution < 1.29 is 29.1 Å². The number of oxime groups is 1. The lowest BCUT2D eigenvalue weighted by Gasteiger charge is -2.11. The summed E-state index contributed by atoms with van der Waals surface area (Å²) < 4.78 is 10.7. The number of rotatable bonds is 3. The lowest BCUT2D eigenvalue weighted by molar-refractivity contribution is -0.141. The van der Waals surface area contributed by atoms with Gasteiger partial charge in [-0.1, -0.05) is 5.16 Å². The number of carboxylic acids is 1. The second-order valence-corrected chi connectivity index (χ2v) is 4.37. The number of carboxylic acid groups (broad SMARTS) is 1. The average Bonchev–Trinajstić information content (AvgIpc) is 2.49. The largest absolute Gasteiger partial charge is 0.480 e. The molecule has 1 aliphatic heterocycles. The van der Waals surface area contributed by atoms with Crippen molar-refractivity contribution in [3.05, 3.63) is 0 Å². The minimum absolute atomic E-state index is 0.266. The Morgan fingerprint density at radius 3 is 2.64 bits per heavy atom. The molecule has 14 heavy (non-hydrogen) atoms. The standard InChI is InChI=1S/C5H9N2O6P/c6-4(5(8)9)2-1-3(7-13-2)14(10,11)12/h2,4H,1,6H2,(H,8,9)(H2,10,11,12)/t2-,4-/m0/s1. The molecule has 0 aromatic heterocycles. The third-order valence-electron chi connectivity index (χ3n) is 1.70. The summed E-state index contributed by atoms with van der Waals surface area (Å²) >= 11 is 0. The zero-order valence-electron chi connectivity index (χ0n) is 6.90. The van der Waals surface area contributed by atoms with Crippen LogP contribution >= 0.6 is 7.60 Å². The normalized spacial score (nSPS) is 23.9. The van der Waals surface area contributed by atoms with Crippen LogP contribution in [-0.2, 0) is 14.2 Å². The molecule has 0 aliphatic carbocycles. The number of nitrogens with two attached hydrogens (primary N) is 1. The quantitative estimate of drug-likeness (QED) is 0.435. The molecule has 1 aliphatic rings. The fraction of sp³-hybridized carbons (Fsp3) is 0.600. The molecule has 9 heteroatoms. The summed E-state index contributed by atoms with van der Waals surface area (Å²) in [6.07, 6.45) is -1.28. The van der Waals surface area contributed by atoms with E-state index < -0.39 is 31.2 Å². The molecule has 0 radical (unpaired) electrons. The molecule has 0 aromatic rings. The lowest BCUT2D eigenvalue weighted by Crippen LogP contribution is -2.41. The third kappa shape index (κ3) is 2.30. The van der Waals surface area contributed by atoms with E-state index in [0.717, 1.165) is 0 Å². The van der Waals surface area contributed by atoms with Crippen LogP contribution < -0.4 is 5.73 Å². The molecule has 0 bridgehead atoms. The zero-order valence-corrected chi connectivity index (χ0v) is 7.79. The van der Waals surface area contributed by atoms with Crippen molar-refractivity contribution in [2.75, 3.05) is 0 Å². The maximum absolute atomic E-state index is 10.7. The van der Waals surface area contributed by atoms with Gasteiger partial charge in [-0.3, -0.25) is 9.36 Å². The average molecular weight is 224 g/mol. The van der Waals surface area contributed by atoms with E-state index in [-0.39, 0.29) is 6.42 Å². The fourth-order valence-electron chi connectivity index (χ4n) is 0.907. The highest BCUT2D eigenvalue weighted by Gasteiger charge is 2.38. The van der Waals surface area contributed by atoms with Crippen molar-refractivity contribution in [1.29, 1.82) is 0 Å². The number of nitrogens with zero attached hydrogens (tertiary/aromatic N) is 1. The van der Waals surface area contributed by atoms with Crippen molar-refractivity contribution in [3.63, 3.8) is 0 Å². The van der Waals surface area contributed by atoms with Gasteiger partial charge in [0, 0.05) is 6.42 Å². The molecular weight excluding hydrogens is 215 g/mol. The molecule has 0 saturated heterocycles. The van der Waals surface area contributed by atoms with E-state index in [2.05, 4.69) is 9.99 Å². The topological polar surface area (TPSA) is 142 Å². The van der Waals surface area contributed by atoms with E-state index in [1.165, 1.54) is 0 Å². The van der Waals surface area contributed by atoms with Crippen LogP contribution in [-0.4, -0.2) is 38.5 Å². The maximum atomic E-state index is 10.7. The molecule has 0 fully saturated rings. The number of carbonyl (C=O) groups is 1. The van der Waals surface area contributed by atoms with Gasteiger partial charge < -0.3 is 25.5 Å². The highest BCUT2D eigenvalue weighted by Crippen LogP contribution is 2.41. The summed E-state index contributed by atoms with van der Waals surface area (Å²) in [6, 6.07) is -1.34. The molecule has 0 amide bonds. The van der Waals surface area contributed by atoms with Crippen LogP contribution in [0, 0.1) is 0 Å². The molecule has 1 heterocycles. The summed E-state index contributed by atoms with van der Waals surface area (Å²) in [5.41, 5.74) is 4.70. The minimum atomic E-state index is -4.44.